The summed E-state index contributed by atoms with van der Waals surface area (Å²) in [6, 6.07) is 13.3. The molecule has 4 heteroatoms. The minimum Gasteiger partial charge on any atom is -0.493 e. The van der Waals surface area contributed by atoms with Gasteiger partial charge >= 0.3 is 0 Å². The largest absolute Gasteiger partial charge is 0.493 e. The molecule has 0 radical (unpaired) electrons. The molecule has 24 heavy (non-hydrogen) atoms. The van der Waals surface area contributed by atoms with Crippen molar-refractivity contribution in [2.45, 2.75) is 27.7 Å². The van der Waals surface area contributed by atoms with E-state index in [9.17, 15) is 4.79 Å². The number of aryl methyl sites for hydroxylation is 2. The van der Waals surface area contributed by atoms with E-state index in [1.165, 1.54) is 0 Å². The monoisotopic (exact) mass is 327 g/mol. The molecule has 2 aromatic rings. The van der Waals surface area contributed by atoms with Gasteiger partial charge in [0.15, 0.2) is 6.61 Å². The van der Waals surface area contributed by atoms with Crippen molar-refractivity contribution in [3.8, 4) is 11.5 Å². The van der Waals surface area contributed by atoms with Gasteiger partial charge in [0.2, 0.25) is 0 Å². The maximum Gasteiger partial charge on any atom is 0.262 e. The smallest absolute Gasteiger partial charge is 0.262 e. The standard InChI is InChI=1S/C20H25NO3/c1-14(2)12-23-18-10-6-9-17(11-18)21-19(22)13-24-20-15(3)7-5-8-16(20)4/h5-11,14H,12-13H2,1-4H3,(H,21,22). The maximum atomic E-state index is 12.1. The topological polar surface area (TPSA) is 47.6 Å². The Kier molecular flexibility index (Phi) is 6.24. The second-order valence-electron chi connectivity index (χ2n) is 6.29. The van der Waals surface area contributed by atoms with Crippen molar-refractivity contribution in [1.29, 1.82) is 0 Å². The minimum absolute atomic E-state index is 0.0250. The van der Waals surface area contributed by atoms with Gasteiger partial charge < -0.3 is 14.8 Å². The van der Waals surface area contributed by atoms with Gasteiger partial charge in [-0.1, -0.05) is 38.1 Å². The fraction of sp³-hybridized carbons (Fsp3) is 0.350. The number of amides is 1. The average molecular weight is 327 g/mol. The van der Waals surface area contributed by atoms with Crippen molar-refractivity contribution < 1.29 is 14.3 Å². The first-order valence-corrected chi connectivity index (χ1v) is 8.17. The zero-order chi connectivity index (χ0) is 17.5. The SMILES string of the molecule is Cc1cccc(C)c1OCC(=O)Nc1cccc(OCC(C)C)c1. The minimum atomic E-state index is -0.196. The molecule has 0 aliphatic carbocycles. The summed E-state index contributed by atoms with van der Waals surface area (Å²) >= 11 is 0. The number of hydrogen-bond donors (Lipinski definition) is 1. The zero-order valence-corrected chi connectivity index (χ0v) is 14.8. The third-order valence-corrected chi connectivity index (χ3v) is 3.46. The Bertz CT molecular complexity index is 675. The molecular formula is C20H25NO3. The van der Waals surface area contributed by atoms with E-state index in [0.29, 0.717) is 18.2 Å². The number of ether oxygens (including phenoxy) is 2. The number of rotatable bonds is 7. The summed E-state index contributed by atoms with van der Waals surface area (Å²) in [4.78, 5) is 12.1. The van der Waals surface area contributed by atoms with Crippen LogP contribution in [0.2, 0.25) is 0 Å². The highest BCUT2D eigenvalue weighted by Gasteiger charge is 2.08. The summed E-state index contributed by atoms with van der Waals surface area (Å²) in [6.45, 7) is 8.74. The Morgan fingerprint density at radius 2 is 1.71 bits per heavy atom. The molecule has 2 rings (SSSR count). The summed E-state index contributed by atoms with van der Waals surface area (Å²) in [5, 5.41) is 2.84. The predicted molar refractivity (Wildman–Crippen MR) is 96.8 cm³/mol. The summed E-state index contributed by atoms with van der Waals surface area (Å²) in [7, 11) is 0. The summed E-state index contributed by atoms with van der Waals surface area (Å²) in [5.41, 5.74) is 2.74. The summed E-state index contributed by atoms with van der Waals surface area (Å²) in [5.74, 6) is 1.77. The Balaban J connectivity index is 1.91. The molecule has 128 valence electrons. The number of para-hydroxylation sites is 1. The number of benzene rings is 2. The molecule has 0 bridgehead atoms. The van der Waals surface area contributed by atoms with Crippen LogP contribution in [0.1, 0.15) is 25.0 Å². The zero-order valence-electron chi connectivity index (χ0n) is 14.8. The summed E-state index contributed by atoms with van der Waals surface area (Å²) in [6.07, 6.45) is 0. The van der Waals surface area contributed by atoms with Crippen LogP contribution in [-0.2, 0) is 4.79 Å². The molecule has 0 saturated heterocycles. The van der Waals surface area contributed by atoms with E-state index < -0.39 is 0 Å². The van der Waals surface area contributed by atoms with E-state index in [2.05, 4.69) is 19.2 Å². The van der Waals surface area contributed by atoms with E-state index in [1.54, 1.807) is 0 Å². The lowest BCUT2D eigenvalue weighted by Gasteiger charge is -2.13. The molecule has 0 heterocycles. The van der Waals surface area contributed by atoms with Crippen LogP contribution >= 0.6 is 0 Å². The molecule has 2 aromatic carbocycles. The lowest BCUT2D eigenvalue weighted by molar-refractivity contribution is -0.118. The fourth-order valence-corrected chi connectivity index (χ4v) is 2.29. The highest BCUT2D eigenvalue weighted by atomic mass is 16.5. The van der Waals surface area contributed by atoms with Gasteiger partial charge in [-0.25, -0.2) is 0 Å². The molecule has 0 spiro atoms. The Morgan fingerprint density at radius 3 is 2.38 bits per heavy atom. The Morgan fingerprint density at radius 1 is 1.04 bits per heavy atom. The van der Waals surface area contributed by atoms with Gasteiger partial charge in [-0.2, -0.15) is 0 Å². The van der Waals surface area contributed by atoms with Gasteiger partial charge in [0.1, 0.15) is 11.5 Å². The number of carbonyl (C=O) groups is 1. The first kappa shape index (κ1) is 17.9. The Labute approximate surface area is 143 Å². The first-order valence-electron chi connectivity index (χ1n) is 8.17. The third kappa shape index (κ3) is 5.30. The normalized spacial score (nSPS) is 10.5. The predicted octanol–water partition coefficient (Wildman–Crippen LogP) is 4.36. The van der Waals surface area contributed by atoms with Crippen molar-refractivity contribution in [1.82, 2.24) is 0 Å². The van der Waals surface area contributed by atoms with Gasteiger partial charge in [-0.15, -0.1) is 0 Å². The number of anilines is 1. The van der Waals surface area contributed by atoms with Crippen molar-refractivity contribution >= 4 is 11.6 Å². The van der Waals surface area contributed by atoms with Crippen LogP contribution in [0.25, 0.3) is 0 Å². The quantitative estimate of drug-likeness (QED) is 0.822. The average Bonchev–Trinajstić information content (AvgIpc) is 2.53. The van der Waals surface area contributed by atoms with Crippen molar-refractivity contribution in [3.63, 3.8) is 0 Å². The third-order valence-electron chi connectivity index (χ3n) is 3.46. The van der Waals surface area contributed by atoms with Crippen LogP contribution in [0.15, 0.2) is 42.5 Å². The second-order valence-corrected chi connectivity index (χ2v) is 6.29. The van der Waals surface area contributed by atoms with Crippen LogP contribution < -0.4 is 14.8 Å². The second kappa shape index (κ2) is 8.39. The molecule has 1 N–H and O–H groups in total. The van der Waals surface area contributed by atoms with Gasteiger partial charge in [-0.3, -0.25) is 4.79 Å². The number of hydrogen-bond acceptors (Lipinski definition) is 3. The molecule has 4 nitrogen and oxygen atoms in total. The summed E-state index contributed by atoms with van der Waals surface area (Å²) < 4.78 is 11.3. The van der Waals surface area contributed by atoms with Crippen LogP contribution in [0.4, 0.5) is 5.69 Å². The van der Waals surface area contributed by atoms with Crippen LogP contribution in [0.5, 0.6) is 11.5 Å². The number of nitrogens with one attached hydrogen (secondary N) is 1. The first-order chi connectivity index (χ1) is 11.5. The van der Waals surface area contributed by atoms with Gasteiger partial charge in [0.05, 0.1) is 6.61 Å². The van der Waals surface area contributed by atoms with E-state index >= 15 is 0 Å². The fourth-order valence-electron chi connectivity index (χ4n) is 2.29. The molecule has 1 amide bonds. The molecule has 0 fully saturated rings. The maximum absolute atomic E-state index is 12.1. The highest BCUT2D eigenvalue weighted by Crippen LogP contribution is 2.22. The van der Waals surface area contributed by atoms with Crippen molar-refractivity contribution in [3.05, 3.63) is 53.6 Å². The lowest BCUT2D eigenvalue weighted by atomic mass is 10.1. The van der Waals surface area contributed by atoms with E-state index in [-0.39, 0.29) is 12.5 Å². The molecule has 0 aromatic heterocycles. The lowest BCUT2D eigenvalue weighted by Crippen LogP contribution is -2.20. The van der Waals surface area contributed by atoms with Gasteiger partial charge in [0.25, 0.3) is 5.91 Å². The van der Waals surface area contributed by atoms with Crippen LogP contribution in [-0.4, -0.2) is 19.1 Å². The van der Waals surface area contributed by atoms with Crippen molar-refractivity contribution in [2.75, 3.05) is 18.5 Å². The molecule has 0 aliphatic heterocycles. The number of carbonyl (C=O) groups excluding carboxylic acids is 1. The molecule has 0 aliphatic rings. The van der Waals surface area contributed by atoms with Crippen molar-refractivity contribution in [2.24, 2.45) is 5.92 Å². The van der Waals surface area contributed by atoms with Crippen LogP contribution in [0, 0.1) is 19.8 Å². The van der Waals surface area contributed by atoms with Gasteiger partial charge in [-0.05, 0) is 43.0 Å². The van der Waals surface area contributed by atoms with Gasteiger partial charge in [0, 0.05) is 11.8 Å². The molecule has 0 atom stereocenters. The molecule has 0 saturated carbocycles. The van der Waals surface area contributed by atoms with E-state index in [4.69, 9.17) is 9.47 Å². The Hall–Kier alpha value is -2.49. The van der Waals surface area contributed by atoms with E-state index in [0.717, 1.165) is 22.6 Å². The van der Waals surface area contributed by atoms with E-state index in [1.807, 2.05) is 56.3 Å². The molecular weight excluding hydrogens is 302 g/mol. The highest BCUT2D eigenvalue weighted by molar-refractivity contribution is 5.92. The van der Waals surface area contributed by atoms with Crippen LogP contribution in [0.3, 0.4) is 0 Å². The molecule has 0 unspecified atom stereocenters.